The lowest BCUT2D eigenvalue weighted by Gasteiger charge is -2.11. The Morgan fingerprint density at radius 1 is 0.368 bits per heavy atom. The fourth-order valence-corrected chi connectivity index (χ4v) is 11.1. The van der Waals surface area contributed by atoms with Crippen LogP contribution in [0.3, 0.4) is 0 Å². The van der Waals surface area contributed by atoms with E-state index in [0.29, 0.717) is 40.4 Å². The van der Waals surface area contributed by atoms with Crippen molar-refractivity contribution in [2.24, 2.45) is 0 Å². The van der Waals surface area contributed by atoms with Gasteiger partial charge in [-0.1, -0.05) is 91.8 Å². The van der Waals surface area contributed by atoms with Gasteiger partial charge in [0.05, 0.1) is 22.1 Å². The number of hydrogen-bond donors (Lipinski definition) is 0. The minimum atomic E-state index is 0.437. The van der Waals surface area contributed by atoms with Crippen LogP contribution in [0.1, 0.15) is 107 Å². The third kappa shape index (κ3) is 5.86. The second kappa shape index (κ2) is 14.6. The predicted octanol–water partition coefficient (Wildman–Crippen LogP) is 18.4. The number of nitrogens with zero attached hydrogens (tertiary/aromatic N) is 3. The molecule has 68 heavy (non-hydrogen) atoms. The van der Waals surface area contributed by atoms with Crippen molar-refractivity contribution in [1.82, 2.24) is 9.13 Å². The molecular formula is C63H51N3O2. The van der Waals surface area contributed by atoms with E-state index < -0.39 is 0 Å². The molecule has 0 aliphatic heterocycles. The summed E-state index contributed by atoms with van der Waals surface area (Å²) in [5.41, 5.74) is 15.6. The maximum atomic E-state index is 10.9. The lowest BCUT2D eigenvalue weighted by Crippen LogP contribution is -1.95. The molecule has 0 spiro atoms. The highest BCUT2D eigenvalue weighted by molar-refractivity contribution is 6.21. The van der Waals surface area contributed by atoms with E-state index in [1.54, 1.807) is 0 Å². The lowest BCUT2D eigenvalue weighted by atomic mass is 9.98. The number of aromatic nitrogens is 2. The van der Waals surface area contributed by atoms with Crippen LogP contribution in [0.2, 0.25) is 0 Å². The molecule has 0 aliphatic rings. The molecule has 0 bridgehead atoms. The van der Waals surface area contributed by atoms with E-state index in [9.17, 15) is 5.26 Å². The number of furan rings is 2. The largest absolute Gasteiger partial charge is 0.456 e. The van der Waals surface area contributed by atoms with Gasteiger partial charge in [-0.15, -0.1) is 0 Å². The van der Waals surface area contributed by atoms with E-state index in [1.165, 1.54) is 65.9 Å². The van der Waals surface area contributed by atoms with Gasteiger partial charge in [0, 0.05) is 54.5 Å². The molecule has 5 heteroatoms. The van der Waals surface area contributed by atoms with Crippen molar-refractivity contribution in [3.63, 3.8) is 0 Å². The molecule has 0 saturated carbocycles. The Bertz CT molecular complexity index is 4060. The molecule has 5 nitrogen and oxygen atoms in total. The van der Waals surface area contributed by atoms with Gasteiger partial charge in [-0.25, -0.2) is 0 Å². The van der Waals surface area contributed by atoms with Crippen LogP contribution in [0.5, 0.6) is 0 Å². The average Bonchev–Trinajstić information content (AvgIpc) is 4.07. The molecule has 330 valence electrons. The minimum Gasteiger partial charge on any atom is -0.456 e. The van der Waals surface area contributed by atoms with E-state index in [4.69, 9.17) is 8.83 Å². The van der Waals surface area contributed by atoms with Gasteiger partial charge in [0.1, 0.15) is 28.4 Å². The van der Waals surface area contributed by atoms with E-state index in [2.05, 4.69) is 210 Å². The van der Waals surface area contributed by atoms with Gasteiger partial charge in [-0.3, -0.25) is 0 Å². The topological polar surface area (TPSA) is 59.9 Å². The molecule has 0 unspecified atom stereocenters. The summed E-state index contributed by atoms with van der Waals surface area (Å²) in [5, 5.41) is 23.8. The Labute approximate surface area is 394 Å². The zero-order valence-electron chi connectivity index (χ0n) is 39.7. The van der Waals surface area contributed by atoms with Crippen LogP contribution in [0.4, 0.5) is 0 Å². The fourth-order valence-electron chi connectivity index (χ4n) is 11.1. The Hall–Kier alpha value is -7.81. The first-order valence-electron chi connectivity index (χ1n) is 24.2. The molecular weight excluding hydrogens is 831 g/mol. The highest BCUT2D eigenvalue weighted by Crippen LogP contribution is 2.44. The van der Waals surface area contributed by atoms with E-state index >= 15 is 0 Å². The molecule has 4 aromatic heterocycles. The second-order valence-electron chi connectivity index (χ2n) is 20.5. The number of fused-ring (bicyclic) bond motifs is 14. The third-order valence-electron chi connectivity index (χ3n) is 15.0. The van der Waals surface area contributed by atoms with Gasteiger partial charge < -0.3 is 18.0 Å². The van der Waals surface area contributed by atoms with Crippen molar-refractivity contribution in [2.45, 2.75) is 79.1 Å². The summed E-state index contributed by atoms with van der Waals surface area (Å²) in [7, 11) is 0. The monoisotopic (exact) mass is 881 g/mol. The molecule has 13 aromatic rings. The van der Waals surface area contributed by atoms with Crippen molar-refractivity contribution in [1.29, 1.82) is 5.26 Å². The molecule has 4 heterocycles. The van der Waals surface area contributed by atoms with Crippen LogP contribution in [0.15, 0.2) is 148 Å². The summed E-state index contributed by atoms with van der Waals surface area (Å²) in [6.07, 6.45) is 0. The zero-order chi connectivity index (χ0) is 46.4. The Morgan fingerprint density at radius 3 is 1.19 bits per heavy atom. The normalized spacial score (nSPS) is 12.6. The smallest absolute Gasteiger partial charge is 0.154 e. The van der Waals surface area contributed by atoms with Gasteiger partial charge in [-0.2, -0.15) is 5.26 Å². The van der Waals surface area contributed by atoms with Gasteiger partial charge in [0.15, 0.2) is 5.58 Å². The van der Waals surface area contributed by atoms with Crippen LogP contribution in [-0.4, -0.2) is 9.13 Å². The molecule has 0 fully saturated rings. The van der Waals surface area contributed by atoms with Crippen molar-refractivity contribution in [2.75, 3.05) is 0 Å². The van der Waals surface area contributed by atoms with Crippen LogP contribution in [-0.2, 0) is 0 Å². The molecule has 0 aliphatic carbocycles. The first kappa shape index (κ1) is 40.5. The molecule has 0 radical (unpaired) electrons. The number of benzene rings is 9. The average molecular weight is 882 g/mol. The lowest BCUT2D eigenvalue weighted by molar-refractivity contribution is 0.663. The van der Waals surface area contributed by atoms with Crippen LogP contribution < -0.4 is 0 Å². The van der Waals surface area contributed by atoms with E-state index in [1.807, 2.05) is 0 Å². The van der Waals surface area contributed by atoms with Gasteiger partial charge in [0.25, 0.3) is 0 Å². The molecule has 0 saturated heterocycles. The van der Waals surface area contributed by atoms with Gasteiger partial charge in [0.2, 0.25) is 0 Å². The Balaban J connectivity index is 0.943. The Kier molecular flexibility index (Phi) is 8.68. The number of hydrogen-bond acceptors (Lipinski definition) is 3. The van der Waals surface area contributed by atoms with Crippen molar-refractivity contribution in [3.8, 4) is 17.4 Å². The highest BCUT2D eigenvalue weighted by Gasteiger charge is 2.23. The number of nitriles is 1. The van der Waals surface area contributed by atoms with Crippen molar-refractivity contribution < 1.29 is 8.83 Å². The maximum absolute atomic E-state index is 10.9. The molecule has 0 N–H and O–H groups in total. The van der Waals surface area contributed by atoms with E-state index in [0.717, 1.165) is 65.6 Å². The quantitative estimate of drug-likeness (QED) is 0.167. The fraction of sp³-hybridized carbons (Fsp3) is 0.190. The first-order valence-corrected chi connectivity index (χ1v) is 24.2. The maximum Gasteiger partial charge on any atom is 0.154 e. The van der Waals surface area contributed by atoms with Crippen molar-refractivity contribution >= 4 is 109 Å². The van der Waals surface area contributed by atoms with Gasteiger partial charge in [-0.05, 0) is 171 Å². The number of rotatable bonds is 6. The third-order valence-corrected chi connectivity index (χ3v) is 15.0. The molecule has 9 aromatic carbocycles. The summed E-state index contributed by atoms with van der Waals surface area (Å²) < 4.78 is 18.3. The summed E-state index contributed by atoms with van der Waals surface area (Å²) in [6, 6.07) is 54.4. The predicted molar refractivity (Wildman–Crippen MR) is 286 cm³/mol. The van der Waals surface area contributed by atoms with Crippen LogP contribution >= 0.6 is 0 Å². The standard InChI is InChI=1S/C63H51N3O2/c1-33(2)37-11-17-55-47(23-37)48-24-38(34(3)4)12-18-56(48)65(55)45-15-9-41-27-51-52-31-61-62(54(32-64)63(52)68-59(51)29-43(41)21-45)53-28-42-10-16-46(22-44(42)30-60(53)67-61)66-57-19-13-39(35(5)6)25-49(57)50-26-40(36(7)8)14-20-58(50)66/h9-31,33-36H,1-8H3. The molecule has 0 amide bonds. The zero-order valence-corrected chi connectivity index (χ0v) is 39.7. The van der Waals surface area contributed by atoms with Crippen LogP contribution in [0, 0.1) is 11.3 Å². The molecule has 13 rings (SSSR count). The van der Waals surface area contributed by atoms with E-state index in [-0.39, 0.29) is 0 Å². The summed E-state index contributed by atoms with van der Waals surface area (Å²) in [5.74, 6) is 1.75. The summed E-state index contributed by atoms with van der Waals surface area (Å²) in [4.78, 5) is 0. The summed E-state index contributed by atoms with van der Waals surface area (Å²) in [6.45, 7) is 18.1. The Morgan fingerprint density at radius 2 is 0.779 bits per heavy atom. The second-order valence-corrected chi connectivity index (χ2v) is 20.5. The minimum absolute atomic E-state index is 0.437. The first-order chi connectivity index (χ1) is 32.9. The SMILES string of the molecule is CC(C)c1ccc2c(c1)c1cc(C(C)C)ccc1n2-c1ccc2cc3c(cc2c1)oc1c(C#N)c2c(cc13)oc1cc3cc(-n4c5ccc(C(C)C)cc5c5cc(C(C)C)ccc54)ccc3cc12. The van der Waals surface area contributed by atoms with Crippen molar-refractivity contribution in [3.05, 3.63) is 167 Å². The summed E-state index contributed by atoms with van der Waals surface area (Å²) >= 11 is 0. The van der Waals surface area contributed by atoms with Crippen LogP contribution in [0.25, 0.3) is 120 Å². The molecule has 0 atom stereocenters. The van der Waals surface area contributed by atoms with Gasteiger partial charge >= 0.3 is 0 Å². The highest BCUT2D eigenvalue weighted by atomic mass is 16.3.